The molecule has 0 aliphatic rings. The van der Waals surface area contributed by atoms with E-state index < -0.39 is 36.4 Å². The Labute approximate surface area is 203 Å². The van der Waals surface area contributed by atoms with Crippen molar-refractivity contribution < 1.29 is 27.8 Å². The number of non-ortho nitro benzene ring substituents is 2. The molecule has 4 rings (SSSR count). The number of nitro benzene ring substituents is 2. The van der Waals surface area contributed by atoms with E-state index in [2.05, 4.69) is 5.10 Å². The first-order valence-corrected chi connectivity index (χ1v) is 11.7. The minimum absolute atomic E-state index is 0.0173. The standard InChI is InChI=1S/C23H16N4O8S/c1-15-21(36(33,34)20-13-11-19(12-14-20)27(31)32)22(25(24-15)17-5-3-2-4-6-17)35-23(28)16-7-9-18(10-8-16)26(29)30/h2-14H,1H3. The number of nitro groups is 2. The first-order valence-electron chi connectivity index (χ1n) is 10.2. The second-order valence-electron chi connectivity index (χ2n) is 7.41. The number of nitrogens with zero attached hydrogens (tertiary/aromatic N) is 4. The Balaban J connectivity index is 1.84. The summed E-state index contributed by atoms with van der Waals surface area (Å²) < 4.78 is 33.8. The summed E-state index contributed by atoms with van der Waals surface area (Å²) in [6.07, 6.45) is 0. The van der Waals surface area contributed by atoms with Crippen molar-refractivity contribution in [3.05, 3.63) is 110 Å². The van der Waals surface area contributed by atoms with Gasteiger partial charge in [0.2, 0.25) is 15.7 Å². The van der Waals surface area contributed by atoms with Crippen LogP contribution in [0.4, 0.5) is 11.4 Å². The van der Waals surface area contributed by atoms with Crippen molar-refractivity contribution in [2.75, 3.05) is 0 Å². The van der Waals surface area contributed by atoms with Crippen LogP contribution in [0, 0.1) is 27.2 Å². The van der Waals surface area contributed by atoms with E-state index in [9.17, 15) is 33.4 Å². The molecule has 1 aromatic heterocycles. The fourth-order valence-corrected chi connectivity index (χ4v) is 4.88. The Bertz CT molecular complexity index is 1580. The van der Waals surface area contributed by atoms with E-state index in [4.69, 9.17) is 4.74 Å². The smallest absolute Gasteiger partial charge is 0.344 e. The molecule has 0 saturated carbocycles. The minimum Gasteiger partial charge on any atom is -0.402 e. The van der Waals surface area contributed by atoms with E-state index >= 15 is 0 Å². The number of benzene rings is 3. The number of aryl methyl sites for hydroxylation is 1. The van der Waals surface area contributed by atoms with Gasteiger partial charge in [-0.15, -0.1) is 0 Å². The Kier molecular flexibility index (Phi) is 6.31. The third kappa shape index (κ3) is 4.54. The lowest BCUT2D eigenvalue weighted by Crippen LogP contribution is -2.14. The van der Waals surface area contributed by atoms with Gasteiger partial charge in [-0.3, -0.25) is 20.2 Å². The molecule has 0 radical (unpaired) electrons. The van der Waals surface area contributed by atoms with Crippen LogP contribution in [0.15, 0.2) is 88.7 Å². The van der Waals surface area contributed by atoms with E-state index in [0.29, 0.717) is 5.69 Å². The van der Waals surface area contributed by atoms with Crippen molar-refractivity contribution in [3.8, 4) is 11.6 Å². The Morgan fingerprint density at radius 3 is 1.92 bits per heavy atom. The van der Waals surface area contributed by atoms with Gasteiger partial charge in [-0.05, 0) is 43.3 Å². The van der Waals surface area contributed by atoms with Crippen LogP contribution >= 0.6 is 0 Å². The number of sulfone groups is 1. The molecule has 0 N–H and O–H groups in total. The highest BCUT2D eigenvalue weighted by Gasteiger charge is 2.32. The zero-order chi connectivity index (χ0) is 26.0. The van der Waals surface area contributed by atoms with Crippen LogP contribution in [0.3, 0.4) is 0 Å². The lowest BCUT2D eigenvalue weighted by Gasteiger charge is -2.11. The van der Waals surface area contributed by atoms with Crippen molar-refractivity contribution in [2.24, 2.45) is 0 Å². The largest absolute Gasteiger partial charge is 0.402 e. The molecule has 182 valence electrons. The molecule has 36 heavy (non-hydrogen) atoms. The van der Waals surface area contributed by atoms with E-state index in [1.807, 2.05) is 0 Å². The lowest BCUT2D eigenvalue weighted by molar-refractivity contribution is -0.385. The zero-order valence-corrected chi connectivity index (χ0v) is 19.3. The van der Waals surface area contributed by atoms with Crippen molar-refractivity contribution in [3.63, 3.8) is 0 Å². The van der Waals surface area contributed by atoms with Gasteiger partial charge >= 0.3 is 5.97 Å². The maximum atomic E-state index is 13.5. The molecule has 0 aliphatic heterocycles. The summed E-state index contributed by atoms with van der Waals surface area (Å²) in [6, 6.07) is 17.2. The number of hydrogen-bond donors (Lipinski definition) is 0. The number of rotatable bonds is 7. The van der Waals surface area contributed by atoms with Crippen LogP contribution in [0.2, 0.25) is 0 Å². The van der Waals surface area contributed by atoms with Gasteiger partial charge in [-0.1, -0.05) is 18.2 Å². The maximum Gasteiger partial charge on any atom is 0.344 e. The van der Waals surface area contributed by atoms with Crippen LogP contribution in [-0.4, -0.2) is 34.0 Å². The molecule has 0 fully saturated rings. The molecular weight excluding hydrogens is 492 g/mol. The van der Waals surface area contributed by atoms with Crippen molar-refractivity contribution in [1.82, 2.24) is 9.78 Å². The first-order chi connectivity index (χ1) is 17.1. The van der Waals surface area contributed by atoms with Gasteiger partial charge in [0.05, 0.1) is 31.7 Å². The van der Waals surface area contributed by atoms with Gasteiger partial charge < -0.3 is 4.74 Å². The fourth-order valence-electron chi connectivity index (χ4n) is 3.37. The van der Waals surface area contributed by atoms with Crippen molar-refractivity contribution in [1.29, 1.82) is 0 Å². The van der Waals surface area contributed by atoms with Gasteiger partial charge in [-0.2, -0.15) is 9.78 Å². The number of esters is 1. The average molecular weight is 508 g/mol. The molecule has 13 heteroatoms. The summed E-state index contributed by atoms with van der Waals surface area (Å²) in [5.74, 6) is -1.37. The van der Waals surface area contributed by atoms with Crippen LogP contribution in [0.1, 0.15) is 16.1 Å². The van der Waals surface area contributed by atoms with E-state index in [0.717, 1.165) is 41.1 Å². The molecular formula is C23H16N4O8S. The topological polar surface area (TPSA) is 165 Å². The quantitative estimate of drug-likeness (QED) is 0.203. The molecule has 0 unspecified atom stereocenters. The molecule has 0 atom stereocenters. The summed E-state index contributed by atoms with van der Waals surface area (Å²) in [5.41, 5.74) is -0.174. The van der Waals surface area contributed by atoms with Crippen LogP contribution in [0.5, 0.6) is 5.88 Å². The number of carbonyl (C=O) groups excluding carboxylic acids is 1. The monoisotopic (exact) mass is 508 g/mol. The highest BCUT2D eigenvalue weighted by atomic mass is 32.2. The SMILES string of the molecule is Cc1nn(-c2ccccc2)c(OC(=O)c2ccc([N+](=O)[O-])cc2)c1S(=O)(=O)c1ccc([N+](=O)[O-])cc1. The van der Waals surface area contributed by atoms with Crippen LogP contribution in [-0.2, 0) is 9.84 Å². The predicted molar refractivity (Wildman–Crippen MR) is 125 cm³/mol. The number of para-hydroxylation sites is 1. The third-order valence-electron chi connectivity index (χ3n) is 5.10. The van der Waals surface area contributed by atoms with Crippen LogP contribution in [0.25, 0.3) is 5.69 Å². The van der Waals surface area contributed by atoms with Gasteiger partial charge in [0.25, 0.3) is 11.4 Å². The number of ether oxygens (including phenoxy) is 1. The van der Waals surface area contributed by atoms with Crippen LogP contribution < -0.4 is 4.74 Å². The minimum atomic E-state index is -4.35. The van der Waals surface area contributed by atoms with Gasteiger partial charge in [-0.25, -0.2) is 13.2 Å². The molecule has 0 bridgehead atoms. The summed E-state index contributed by atoms with van der Waals surface area (Å²) in [5, 5.41) is 26.1. The van der Waals surface area contributed by atoms with E-state index in [1.54, 1.807) is 30.3 Å². The molecule has 1 heterocycles. The Morgan fingerprint density at radius 1 is 0.861 bits per heavy atom. The Morgan fingerprint density at radius 2 is 1.39 bits per heavy atom. The van der Waals surface area contributed by atoms with Gasteiger partial charge in [0.15, 0.2) is 4.90 Å². The number of aromatic nitrogens is 2. The normalized spacial score (nSPS) is 11.1. The first kappa shape index (κ1) is 24.2. The average Bonchev–Trinajstić information content (AvgIpc) is 3.20. The second kappa shape index (κ2) is 9.38. The molecule has 0 aliphatic carbocycles. The van der Waals surface area contributed by atoms with Gasteiger partial charge in [0, 0.05) is 24.3 Å². The van der Waals surface area contributed by atoms with E-state index in [-0.39, 0.29) is 27.5 Å². The molecule has 3 aromatic carbocycles. The third-order valence-corrected chi connectivity index (χ3v) is 7.00. The highest BCUT2D eigenvalue weighted by Crippen LogP contribution is 2.35. The van der Waals surface area contributed by atoms with Crippen molar-refractivity contribution in [2.45, 2.75) is 16.7 Å². The lowest BCUT2D eigenvalue weighted by atomic mass is 10.2. The molecule has 12 nitrogen and oxygen atoms in total. The number of carbonyl (C=O) groups is 1. The van der Waals surface area contributed by atoms with Crippen molar-refractivity contribution >= 4 is 27.2 Å². The number of hydrogen-bond acceptors (Lipinski definition) is 9. The fraction of sp³-hybridized carbons (Fsp3) is 0.0435. The summed E-state index contributed by atoms with van der Waals surface area (Å²) in [7, 11) is -4.35. The second-order valence-corrected chi connectivity index (χ2v) is 9.30. The maximum absolute atomic E-state index is 13.5. The molecule has 0 saturated heterocycles. The van der Waals surface area contributed by atoms with E-state index in [1.165, 1.54) is 19.1 Å². The predicted octanol–water partition coefficient (Wildman–Crippen LogP) is 4.05. The summed E-state index contributed by atoms with van der Waals surface area (Å²) >= 11 is 0. The molecule has 0 spiro atoms. The molecule has 0 amide bonds. The highest BCUT2D eigenvalue weighted by molar-refractivity contribution is 7.91. The molecule has 4 aromatic rings. The summed E-state index contributed by atoms with van der Waals surface area (Å²) in [4.78, 5) is 32.8. The summed E-state index contributed by atoms with van der Waals surface area (Å²) in [6.45, 7) is 1.42. The zero-order valence-electron chi connectivity index (χ0n) is 18.5. The Hall–Kier alpha value is -4.91. The van der Waals surface area contributed by atoms with Gasteiger partial charge in [0.1, 0.15) is 0 Å².